The molecule has 0 bridgehead atoms. The van der Waals surface area contributed by atoms with E-state index in [0.29, 0.717) is 39.4 Å². The first-order valence-corrected chi connectivity index (χ1v) is 10.5. The number of aromatic nitrogens is 5. The maximum atomic E-state index is 11.8. The summed E-state index contributed by atoms with van der Waals surface area (Å²) in [6.07, 6.45) is 1.65. The van der Waals surface area contributed by atoms with Crippen molar-refractivity contribution in [2.24, 2.45) is 7.05 Å². The van der Waals surface area contributed by atoms with E-state index in [1.807, 2.05) is 26.0 Å². The number of nitrogens with one attached hydrogen (secondary N) is 3. The maximum absolute atomic E-state index is 11.8. The van der Waals surface area contributed by atoms with Crippen molar-refractivity contribution in [1.82, 2.24) is 30.3 Å². The molecule has 0 radical (unpaired) electrons. The molecule has 0 saturated carbocycles. The highest BCUT2D eigenvalue weighted by atomic mass is 35.5. The van der Waals surface area contributed by atoms with Gasteiger partial charge in [-0.2, -0.15) is 15.3 Å². The van der Waals surface area contributed by atoms with Crippen molar-refractivity contribution in [3.8, 4) is 23.2 Å². The Bertz CT molecular complexity index is 1370. The molecule has 0 saturated heterocycles. The van der Waals surface area contributed by atoms with Crippen molar-refractivity contribution >= 4 is 40.0 Å². The number of hydrogen-bond donors (Lipinski definition) is 3. The number of nitriles is 1. The maximum Gasteiger partial charge on any atom is 0.258 e. The van der Waals surface area contributed by atoms with Gasteiger partial charge in [0.25, 0.3) is 5.91 Å². The number of ether oxygens (including phenoxy) is 1. The SMILES string of the molecule is CC(C)NC(=O)COc1ccc(-c2nc(Nc3ccc4[nH]ncc4c3Cl)n(C)n2)c(C#N)c1. The Morgan fingerprint density at radius 3 is 2.91 bits per heavy atom. The van der Waals surface area contributed by atoms with Gasteiger partial charge in [0.1, 0.15) is 11.8 Å². The molecule has 0 aliphatic rings. The van der Waals surface area contributed by atoms with E-state index >= 15 is 0 Å². The standard InChI is InChI=1S/C22H21ClN8O2/c1-12(2)26-19(32)11-33-14-4-5-15(13(8-14)9-24)21-28-22(31(3)30-21)27-18-7-6-17-16(20(18)23)10-25-29-17/h4-8,10,12H,11H2,1-3H3,(H,25,29)(H,26,32)(H,27,28,30). The van der Waals surface area contributed by atoms with E-state index in [-0.39, 0.29) is 18.6 Å². The molecule has 2 heterocycles. The van der Waals surface area contributed by atoms with Crippen molar-refractivity contribution in [2.75, 3.05) is 11.9 Å². The van der Waals surface area contributed by atoms with Crippen molar-refractivity contribution < 1.29 is 9.53 Å². The van der Waals surface area contributed by atoms with Crippen molar-refractivity contribution in [3.63, 3.8) is 0 Å². The lowest BCUT2D eigenvalue weighted by atomic mass is 10.1. The third-order valence-corrected chi connectivity index (χ3v) is 5.15. The fourth-order valence-corrected chi connectivity index (χ4v) is 3.48. The predicted octanol–water partition coefficient (Wildman–Crippen LogP) is 3.53. The zero-order valence-electron chi connectivity index (χ0n) is 18.2. The largest absolute Gasteiger partial charge is 0.484 e. The second-order valence-electron chi connectivity index (χ2n) is 7.60. The summed E-state index contributed by atoms with van der Waals surface area (Å²) < 4.78 is 7.07. The van der Waals surface area contributed by atoms with Crippen LogP contribution in [0.5, 0.6) is 5.75 Å². The zero-order valence-corrected chi connectivity index (χ0v) is 18.9. The summed E-state index contributed by atoms with van der Waals surface area (Å²) in [5, 5.41) is 28.2. The Kier molecular flexibility index (Phi) is 6.15. The molecule has 2 aromatic carbocycles. The molecule has 0 aliphatic heterocycles. The number of aromatic amines is 1. The van der Waals surface area contributed by atoms with Gasteiger partial charge >= 0.3 is 0 Å². The highest BCUT2D eigenvalue weighted by molar-refractivity contribution is 6.38. The van der Waals surface area contributed by atoms with Crippen LogP contribution in [0.1, 0.15) is 19.4 Å². The number of H-pyrrole nitrogens is 1. The molecule has 0 atom stereocenters. The van der Waals surface area contributed by atoms with E-state index in [1.54, 1.807) is 36.1 Å². The summed E-state index contributed by atoms with van der Waals surface area (Å²) >= 11 is 6.49. The molecule has 4 rings (SSSR count). The zero-order chi connectivity index (χ0) is 23.5. The summed E-state index contributed by atoms with van der Waals surface area (Å²) in [4.78, 5) is 16.3. The summed E-state index contributed by atoms with van der Waals surface area (Å²) in [5.74, 6) is 0.983. The van der Waals surface area contributed by atoms with Gasteiger partial charge in [-0.15, -0.1) is 5.10 Å². The van der Waals surface area contributed by atoms with Crippen molar-refractivity contribution in [2.45, 2.75) is 19.9 Å². The summed E-state index contributed by atoms with van der Waals surface area (Å²) in [5.41, 5.74) is 2.34. The van der Waals surface area contributed by atoms with E-state index < -0.39 is 0 Å². The molecule has 0 aliphatic carbocycles. The monoisotopic (exact) mass is 464 g/mol. The molecule has 33 heavy (non-hydrogen) atoms. The van der Waals surface area contributed by atoms with Crippen LogP contribution in [0.25, 0.3) is 22.3 Å². The van der Waals surface area contributed by atoms with Gasteiger partial charge in [-0.1, -0.05) is 11.6 Å². The van der Waals surface area contributed by atoms with Crippen LogP contribution in [0.2, 0.25) is 5.02 Å². The molecule has 0 fully saturated rings. The number of amides is 1. The van der Waals surface area contributed by atoms with Gasteiger partial charge in [-0.25, -0.2) is 4.68 Å². The van der Waals surface area contributed by atoms with E-state index in [2.05, 4.69) is 37.0 Å². The van der Waals surface area contributed by atoms with Crippen LogP contribution >= 0.6 is 11.6 Å². The quantitative estimate of drug-likeness (QED) is 0.381. The number of carbonyl (C=O) groups excluding carboxylic acids is 1. The minimum absolute atomic E-state index is 0.0210. The second-order valence-corrected chi connectivity index (χ2v) is 7.97. The fraction of sp³-hybridized carbons (Fsp3) is 0.227. The average Bonchev–Trinajstić information content (AvgIpc) is 3.40. The van der Waals surface area contributed by atoms with Crippen molar-refractivity contribution in [3.05, 3.63) is 47.1 Å². The van der Waals surface area contributed by atoms with Gasteiger partial charge in [0, 0.05) is 24.0 Å². The molecular weight excluding hydrogens is 444 g/mol. The van der Waals surface area contributed by atoms with Gasteiger partial charge in [0.05, 0.1) is 28.0 Å². The van der Waals surface area contributed by atoms with Gasteiger partial charge in [0.15, 0.2) is 12.4 Å². The number of aryl methyl sites for hydroxylation is 1. The second kappa shape index (κ2) is 9.18. The Balaban J connectivity index is 1.55. The van der Waals surface area contributed by atoms with E-state index in [4.69, 9.17) is 16.3 Å². The molecule has 10 nitrogen and oxygen atoms in total. The minimum atomic E-state index is -0.234. The van der Waals surface area contributed by atoms with Crippen LogP contribution in [0.4, 0.5) is 11.6 Å². The van der Waals surface area contributed by atoms with Crippen LogP contribution in [0.15, 0.2) is 36.5 Å². The van der Waals surface area contributed by atoms with Crippen molar-refractivity contribution in [1.29, 1.82) is 5.26 Å². The summed E-state index contributed by atoms with van der Waals surface area (Å²) in [7, 11) is 1.74. The highest BCUT2D eigenvalue weighted by Crippen LogP contribution is 2.32. The molecule has 3 N–H and O–H groups in total. The first-order chi connectivity index (χ1) is 15.9. The lowest BCUT2D eigenvalue weighted by Gasteiger charge is -2.10. The summed E-state index contributed by atoms with van der Waals surface area (Å²) in [6.45, 7) is 3.60. The lowest BCUT2D eigenvalue weighted by molar-refractivity contribution is -0.123. The molecule has 4 aromatic rings. The molecule has 2 aromatic heterocycles. The number of benzene rings is 2. The number of fused-ring (bicyclic) bond motifs is 1. The Hall–Kier alpha value is -4.10. The number of hydrogen-bond acceptors (Lipinski definition) is 7. The molecule has 1 amide bonds. The third-order valence-electron chi connectivity index (χ3n) is 4.74. The topological polar surface area (TPSA) is 134 Å². The molecule has 0 unspecified atom stereocenters. The van der Waals surface area contributed by atoms with Crippen LogP contribution < -0.4 is 15.4 Å². The number of carbonyl (C=O) groups is 1. The Labute approximate surface area is 194 Å². The third kappa shape index (κ3) is 4.73. The smallest absolute Gasteiger partial charge is 0.258 e. The van der Waals surface area contributed by atoms with Gasteiger partial charge < -0.3 is 15.4 Å². The predicted molar refractivity (Wildman–Crippen MR) is 124 cm³/mol. The number of nitrogens with zero attached hydrogens (tertiary/aromatic N) is 5. The highest BCUT2D eigenvalue weighted by Gasteiger charge is 2.16. The average molecular weight is 465 g/mol. The summed E-state index contributed by atoms with van der Waals surface area (Å²) in [6, 6.07) is 10.8. The lowest BCUT2D eigenvalue weighted by Crippen LogP contribution is -2.34. The first-order valence-electron chi connectivity index (χ1n) is 10.1. The first kappa shape index (κ1) is 22.1. The van der Waals surface area contributed by atoms with E-state index in [0.717, 1.165) is 10.9 Å². The van der Waals surface area contributed by atoms with Gasteiger partial charge in [0.2, 0.25) is 5.95 Å². The number of halogens is 1. The van der Waals surface area contributed by atoms with E-state index in [1.165, 1.54) is 0 Å². The van der Waals surface area contributed by atoms with Crippen LogP contribution in [0.3, 0.4) is 0 Å². The molecule has 0 spiro atoms. The van der Waals surface area contributed by atoms with Crippen LogP contribution in [-0.2, 0) is 11.8 Å². The minimum Gasteiger partial charge on any atom is -0.484 e. The van der Waals surface area contributed by atoms with E-state index in [9.17, 15) is 10.1 Å². The molecular formula is C22H21ClN8O2. The number of rotatable bonds is 7. The van der Waals surface area contributed by atoms with Gasteiger partial charge in [-0.05, 0) is 44.2 Å². The molecule has 168 valence electrons. The Morgan fingerprint density at radius 1 is 1.33 bits per heavy atom. The Morgan fingerprint density at radius 2 is 2.15 bits per heavy atom. The van der Waals surface area contributed by atoms with Crippen LogP contribution in [-0.4, -0.2) is 43.5 Å². The fourth-order valence-electron chi connectivity index (χ4n) is 3.22. The number of anilines is 2. The van der Waals surface area contributed by atoms with Crippen LogP contribution in [0, 0.1) is 11.3 Å². The normalized spacial score (nSPS) is 10.9. The molecule has 11 heteroatoms. The van der Waals surface area contributed by atoms with Gasteiger partial charge in [-0.3, -0.25) is 9.89 Å².